The number of hydrogen-bond donors (Lipinski definition) is 0. The summed E-state index contributed by atoms with van der Waals surface area (Å²) in [6.45, 7) is 3.89. The molecule has 0 amide bonds. The molecule has 0 fully saturated rings. The summed E-state index contributed by atoms with van der Waals surface area (Å²) in [5.74, 6) is 0.243. The van der Waals surface area contributed by atoms with E-state index in [9.17, 15) is 9.59 Å². The van der Waals surface area contributed by atoms with E-state index in [0.717, 1.165) is 12.2 Å². The number of unbranched alkanes of at least 4 members (excludes halogenated alkanes) is 3. The molecule has 0 radical (unpaired) electrons. The summed E-state index contributed by atoms with van der Waals surface area (Å²) in [5.41, 5.74) is 0. The Morgan fingerprint density at radius 3 is 2.50 bits per heavy atom. The Morgan fingerprint density at radius 1 is 1.25 bits per heavy atom. The zero-order valence-electron chi connectivity index (χ0n) is 10.5. The van der Waals surface area contributed by atoms with Gasteiger partial charge in [0.2, 0.25) is 0 Å². The first kappa shape index (κ1) is 15.5. The predicted molar refractivity (Wildman–Crippen MR) is 67.4 cm³/mol. The van der Waals surface area contributed by atoms with Gasteiger partial charge in [0, 0.05) is 12.2 Å². The molecule has 0 heterocycles. The Labute approximate surface area is 102 Å². The van der Waals surface area contributed by atoms with Gasteiger partial charge in [-0.3, -0.25) is 9.59 Å². The molecule has 0 saturated carbocycles. The smallest absolute Gasteiger partial charge is 0.308 e. The van der Waals surface area contributed by atoms with Crippen molar-refractivity contribution >= 4 is 22.8 Å². The van der Waals surface area contributed by atoms with Gasteiger partial charge in [-0.25, -0.2) is 0 Å². The molecule has 0 aliphatic rings. The minimum absolute atomic E-state index is 0.0920. The van der Waals surface area contributed by atoms with Crippen LogP contribution in [0.1, 0.15) is 46.0 Å². The monoisotopic (exact) mass is 246 g/mol. The fraction of sp³-hybridized carbons (Fsp3) is 0.833. The third-order valence-electron chi connectivity index (χ3n) is 2.34. The molecule has 0 aromatic carbocycles. The highest BCUT2D eigenvalue weighted by molar-refractivity contribution is 8.13. The van der Waals surface area contributed by atoms with Crippen LogP contribution in [0.25, 0.3) is 0 Å². The molecule has 0 bridgehead atoms. The molecule has 3 nitrogen and oxygen atoms in total. The Hall–Kier alpha value is -0.510. The number of rotatable bonds is 8. The lowest BCUT2D eigenvalue weighted by molar-refractivity contribution is -0.145. The molecule has 1 unspecified atom stereocenters. The van der Waals surface area contributed by atoms with E-state index in [1.807, 2.05) is 0 Å². The quantitative estimate of drug-likeness (QED) is 0.488. The van der Waals surface area contributed by atoms with E-state index in [-0.39, 0.29) is 23.4 Å². The molecule has 4 heteroatoms. The number of hydrogen-bond acceptors (Lipinski definition) is 4. The van der Waals surface area contributed by atoms with Crippen LogP contribution >= 0.6 is 11.8 Å². The van der Waals surface area contributed by atoms with E-state index >= 15 is 0 Å². The highest BCUT2D eigenvalue weighted by Crippen LogP contribution is 2.15. The minimum atomic E-state index is -0.319. The van der Waals surface area contributed by atoms with E-state index in [1.54, 1.807) is 6.92 Å². The van der Waals surface area contributed by atoms with Gasteiger partial charge >= 0.3 is 5.97 Å². The SMILES string of the molecule is CCCCCCSC(=O)CC(C)C(=O)OC. The predicted octanol–water partition coefficient (Wildman–Crippen LogP) is 3.03. The van der Waals surface area contributed by atoms with Gasteiger partial charge in [0.25, 0.3) is 0 Å². The second-order valence-electron chi connectivity index (χ2n) is 3.91. The van der Waals surface area contributed by atoms with Gasteiger partial charge in [0.1, 0.15) is 0 Å². The molecular weight excluding hydrogens is 224 g/mol. The first-order valence-corrected chi connectivity index (χ1v) is 6.83. The lowest BCUT2D eigenvalue weighted by Gasteiger charge is -2.07. The molecule has 0 rings (SSSR count). The van der Waals surface area contributed by atoms with E-state index < -0.39 is 0 Å². The summed E-state index contributed by atoms with van der Waals surface area (Å²) in [6.07, 6.45) is 4.98. The van der Waals surface area contributed by atoms with Gasteiger partial charge in [-0.1, -0.05) is 44.9 Å². The molecule has 0 aliphatic carbocycles. The van der Waals surface area contributed by atoms with Crippen molar-refractivity contribution < 1.29 is 14.3 Å². The van der Waals surface area contributed by atoms with Crippen molar-refractivity contribution in [2.45, 2.75) is 46.0 Å². The third kappa shape index (κ3) is 7.74. The summed E-state index contributed by atoms with van der Waals surface area (Å²) in [4.78, 5) is 22.5. The second-order valence-corrected chi connectivity index (χ2v) is 5.06. The topological polar surface area (TPSA) is 43.4 Å². The van der Waals surface area contributed by atoms with Crippen LogP contribution in [0.4, 0.5) is 0 Å². The van der Waals surface area contributed by atoms with Gasteiger partial charge < -0.3 is 4.74 Å². The van der Waals surface area contributed by atoms with Gasteiger partial charge in [-0.2, -0.15) is 0 Å². The average molecular weight is 246 g/mol. The van der Waals surface area contributed by atoms with E-state index in [1.165, 1.54) is 38.1 Å². The average Bonchev–Trinajstić information content (AvgIpc) is 2.27. The lowest BCUT2D eigenvalue weighted by atomic mass is 10.1. The molecule has 1 atom stereocenters. The van der Waals surface area contributed by atoms with Crippen LogP contribution in [0, 0.1) is 5.92 Å². The van der Waals surface area contributed by atoms with Crippen LogP contribution in [-0.4, -0.2) is 23.9 Å². The van der Waals surface area contributed by atoms with Crippen LogP contribution in [0.3, 0.4) is 0 Å². The maximum atomic E-state index is 11.5. The zero-order chi connectivity index (χ0) is 12.4. The number of esters is 1. The number of methoxy groups -OCH3 is 1. The van der Waals surface area contributed by atoms with Gasteiger partial charge in [0.15, 0.2) is 5.12 Å². The Bertz CT molecular complexity index is 216. The van der Waals surface area contributed by atoms with E-state index in [0.29, 0.717) is 0 Å². The fourth-order valence-electron chi connectivity index (χ4n) is 1.31. The highest BCUT2D eigenvalue weighted by atomic mass is 32.2. The molecule has 0 saturated heterocycles. The first-order valence-electron chi connectivity index (χ1n) is 5.85. The standard InChI is InChI=1S/C12H22O3S/c1-4-5-6-7-8-16-11(13)9-10(2)12(14)15-3/h10H,4-9H2,1-3H3. The zero-order valence-corrected chi connectivity index (χ0v) is 11.3. The van der Waals surface area contributed by atoms with Gasteiger partial charge in [-0.15, -0.1) is 0 Å². The summed E-state index contributed by atoms with van der Waals surface area (Å²) in [5, 5.41) is 0.0920. The lowest BCUT2D eigenvalue weighted by Crippen LogP contribution is -2.15. The van der Waals surface area contributed by atoms with Crippen LogP contribution < -0.4 is 0 Å². The number of ether oxygens (including phenoxy) is 1. The van der Waals surface area contributed by atoms with Crippen molar-refractivity contribution in [3.8, 4) is 0 Å². The Balaban J connectivity index is 3.54. The van der Waals surface area contributed by atoms with Crippen molar-refractivity contribution in [2.24, 2.45) is 5.92 Å². The fourth-order valence-corrected chi connectivity index (χ4v) is 2.25. The number of thioether (sulfide) groups is 1. The molecule has 0 aliphatic heterocycles. The Kier molecular flexibility index (Phi) is 9.39. The number of carbonyl (C=O) groups is 2. The van der Waals surface area contributed by atoms with Crippen molar-refractivity contribution in [1.29, 1.82) is 0 Å². The van der Waals surface area contributed by atoms with Crippen molar-refractivity contribution in [1.82, 2.24) is 0 Å². The minimum Gasteiger partial charge on any atom is -0.469 e. The van der Waals surface area contributed by atoms with Gasteiger partial charge in [0.05, 0.1) is 13.0 Å². The summed E-state index contributed by atoms with van der Waals surface area (Å²) in [7, 11) is 1.35. The molecule has 0 spiro atoms. The summed E-state index contributed by atoms with van der Waals surface area (Å²) >= 11 is 1.34. The van der Waals surface area contributed by atoms with Crippen LogP contribution in [0.2, 0.25) is 0 Å². The highest BCUT2D eigenvalue weighted by Gasteiger charge is 2.17. The maximum absolute atomic E-state index is 11.5. The van der Waals surface area contributed by atoms with Crippen LogP contribution in [0.15, 0.2) is 0 Å². The third-order valence-corrected chi connectivity index (χ3v) is 3.32. The molecule has 0 aromatic heterocycles. The normalized spacial score (nSPS) is 12.2. The maximum Gasteiger partial charge on any atom is 0.308 e. The second kappa shape index (κ2) is 9.70. The number of carbonyl (C=O) groups excluding carboxylic acids is 2. The van der Waals surface area contributed by atoms with E-state index in [2.05, 4.69) is 11.7 Å². The molecule has 0 N–H and O–H groups in total. The van der Waals surface area contributed by atoms with Crippen LogP contribution in [-0.2, 0) is 14.3 Å². The van der Waals surface area contributed by atoms with Crippen molar-refractivity contribution in [2.75, 3.05) is 12.9 Å². The molecule has 94 valence electrons. The summed E-state index contributed by atoms with van der Waals surface area (Å²) < 4.78 is 4.57. The largest absolute Gasteiger partial charge is 0.469 e. The first-order chi connectivity index (χ1) is 7.61. The van der Waals surface area contributed by atoms with Crippen molar-refractivity contribution in [3.63, 3.8) is 0 Å². The molecule has 16 heavy (non-hydrogen) atoms. The van der Waals surface area contributed by atoms with E-state index in [4.69, 9.17) is 0 Å². The van der Waals surface area contributed by atoms with Gasteiger partial charge in [-0.05, 0) is 6.42 Å². The Morgan fingerprint density at radius 2 is 1.94 bits per heavy atom. The summed E-state index contributed by atoms with van der Waals surface area (Å²) in [6, 6.07) is 0. The molecule has 0 aromatic rings. The molecular formula is C12H22O3S. The van der Waals surface area contributed by atoms with Crippen molar-refractivity contribution in [3.05, 3.63) is 0 Å². The van der Waals surface area contributed by atoms with Crippen LogP contribution in [0.5, 0.6) is 0 Å².